The van der Waals surface area contributed by atoms with Gasteiger partial charge in [-0.05, 0) is 30.6 Å². The van der Waals surface area contributed by atoms with E-state index < -0.39 is 0 Å². The van der Waals surface area contributed by atoms with Crippen LogP contribution in [0, 0.1) is 0 Å². The van der Waals surface area contributed by atoms with Gasteiger partial charge in [0.2, 0.25) is 0 Å². The molecule has 1 aliphatic heterocycles. The molecule has 5 heteroatoms. The largest absolute Gasteiger partial charge is 0.380 e. The molecule has 3 heterocycles. The third-order valence-corrected chi connectivity index (χ3v) is 3.40. The maximum absolute atomic E-state index is 4.28. The molecule has 1 atom stereocenters. The van der Waals surface area contributed by atoms with Crippen molar-refractivity contribution in [3.63, 3.8) is 0 Å². The first-order valence-corrected chi connectivity index (χ1v) is 5.87. The van der Waals surface area contributed by atoms with Crippen molar-refractivity contribution in [1.82, 2.24) is 14.7 Å². The fraction of sp³-hybridized carbons (Fsp3) is 0.400. The Morgan fingerprint density at radius 2 is 2.53 bits per heavy atom. The molecular weight excluding hydrogens is 208 g/mol. The molecule has 2 aromatic heterocycles. The summed E-state index contributed by atoms with van der Waals surface area (Å²) in [5.74, 6) is 0. The number of pyridine rings is 1. The first kappa shape index (κ1) is 9.06. The maximum Gasteiger partial charge on any atom is 0.145 e. The van der Waals surface area contributed by atoms with E-state index in [1.807, 2.05) is 18.5 Å². The molecular formula is C10H12N4S. The van der Waals surface area contributed by atoms with Crippen LogP contribution < -0.4 is 10.6 Å². The highest BCUT2D eigenvalue weighted by atomic mass is 32.1. The van der Waals surface area contributed by atoms with E-state index in [0.29, 0.717) is 6.04 Å². The van der Waals surface area contributed by atoms with Crippen molar-refractivity contribution in [2.75, 3.05) is 18.4 Å². The minimum atomic E-state index is 0.537. The van der Waals surface area contributed by atoms with Gasteiger partial charge >= 0.3 is 0 Å². The molecule has 0 aliphatic carbocycles. The molecule has 1 unspecified atom stereocenters. The van der Waals surface area contributed by atoms with Crippen molar-refractivity contribution in [3.05, 3.63) is 18.5 Å². The molecule has 1 fully saturated rings. The van der Waals surface area contributed by atoms with Crippen LogP contribution >= 0.6 is 11.5 Å². The second-order valence-corrected chi connectivity index (χ2v) is 4.52. The summed E-state index contributed by atoms with van der Waals surface area (Å²) in [7, 11) is 0. The van der Waals surface area contributed by atoms with E-state index in [0.717, 1.165) is 29.0 Å². The monoisotopic (exact) mass is 220 g/mol. The van der Waals surface area contributed by atoms with Gasteiger partial charge in [-0.15, -0.1) is 0 Å². The number of fused-ring (bicyclic) bond motifs is 1. The van der Waals surface area contributed by atoms with Gasteiger partial charge in [-0.1, -0.05) is 0 Å². The Labute approximate surface area is 91.9 Å². The Morgan fingerprint density at radius 3 is 3.40 bits per heavy atom. The molecule has 0 spiro atoms. The normalized spacial score (nSPS) is 20.9. The third-order valence-electron chi connectivity index (χ3n) is 2.69. The zero-order valence-electron chi connectivity index (χ0n) is 8.23. The Morgan fingerprint density at radius 1 is 1.53 bits per heavy atom. The van der Waals surface area contributed by atoms with E-state index in [2.05, 4.69) is 20.0 Å². The first-order valence-electron chi connectivity index (χ1n) is 5.10. The van der Waals surface area contributed by atoms with E-state index in [1.54, 1.807) is 0 Å². The molecule has 1 saturated heterocycles. The van der Waals surface area contributed by atoms with Crippen LogP contribution in [0.15, 0.2) is 18.5 Å². The van der Waals surface area contributed by atoms with Gasteiger partial charge in [0.1, 0.15) is 4.83 Å². The number of hydrogen-bond donors (Lipinski definition) is 2. The second kappa shape index (κ2) is 3.75. The van der Waals surface area contributed by atoms with Crippen LogP contribution in [-0.4, -0.2) is 28.5 Å². The molecule has 3 rings (SSSR count). The highest BCUT2D eigenvalue weighted by molar-refractivity contribution is 7.12. The molecule has 0 aromatic carbocycles. The predicted octanol–water partition coefficient (Wildman–Crippen LogP) is 1.47. The zero-order chi connectivity index (χ0) is 10.1. The molecule has 0 amide bonds. The quantitative estimate of drug-likeness (QED) is 0.804. The summed E-state index contributed by atoms with van der Waals surface area (Å²) in [6.07, 6.45) is 4.91. The number of rotatable bonds is 2. The van der Waals surface area contributed by atoms with Gasteiger partial charge in [-0.2, -0.15) is 4.37 Å². The highest BCUT2D eigenvalue weighted by Crippen LogP contribution is 2.24. The minimum Gasteiger partial charge on any atom is -0.380 e. The topological polar surface area (TPSA) is 49.8 Å². The molecule has 78 valence electrons. The Balaban J connectivity index is 1.92. The van der Waals surface area contributed by atoms with Crippen LogP contribution in [0.5, 0.6) is 0 Å². The molecule has 1 aliphatic rings. The zero-order valence-corrected chi connectivity index (χ0v) is 9.05. The molecule has 2 aromatic rings. The van der Waals surface area contributed by atoms with E-state index in [-0.39, 0.29) is 0 Å². The summed E-state index contributed by atoms with van der Waals surface area (Å²) in [4.78, 5) is 5.28. The van der Waals surface area contributed by atoms with Crippen molar-refractivity contribution in [2.45, 2.75) is 12.5 Å². The maximum atomic E-state index is 4.28. The SMILES string of the molecule is c1cc(NC2CCNC2)c2cnsc2n1. The Bertz CT molecular complexity index is 461. The third kappa shape index (κ3) is 1.68. The molecule has 0 bridgehead atoms. The Kier molecular flexibility index (Phi) is 2.26. The van der Waals surface area contributed by atoms with Crippen LogP contribution in [0.2, 0.25) is 0 Å². The standard InChI is InChI=1S/C10H12N4S/c1-3-11-5-7(1)14-9-2-4-12-10-8(9)6-13-15-10/h2,4,6-7,11H,1,3,5H2,(H,12,14). The number of nitrogens with one attached hydrogen (secondary N) is 2. The van der Waals surface area contributed by atoms with E-state index in [1.165, 1.54) is 18.0 Å². The van der Waals surface area contributed by atoms with Crippen molar-refractivity contribution in [2.24, 2.45) is 0 Å². The molecule has 0 saturated carbocycles. The van der Waals surface area contributed by atoms with Gasteiger partial charge < -0.3 is 10.6 Å². The summed E-state index contributed by atoms with van der Waals surface area (Å²) in [5.41, 5.74) is 1.16. The number of nitrogens with zero attached hydrogens (tertiary/aromatic N) is 2. The van der Waals surface area contributed by atoms with E-state index >= 15 is 0 Å². The van der Waals surface area contributed by atoms with Gasteiger partial charge in [0.25, 0.3) is 0 Å². The average Bonchev–Trinajstić information content (AvgIpc) is 2.87. The first-order chi connectivity index (χ1) is 7.43. The van der Waals surface area contributed by atoms with Crippen molar-refractivity contribution < 1.29 is 0 Å². The van der Waals surface area contributed by atoms with Crippen molar-refractivity contribution in [3.8, 4) is 0 Å². The molecule has 2 N–H and O–H groups in total. The summed E-state index contributed by atoms with van der Waals surface area (Å²) in [6.45, 7) is 2.15. The summed E-state index contributed by atoms with van der Waals surface area (Å²) in [6, 6.07) is 2.56. The van der Waals surface area contributed by atoms with Gasteiger partial charge in [0, 0.05) is 24.5 Å². The van der Waals surface area contributed by atoms with Crippen LogP contribution in [-0.2, 0) is 0 Å². The Hall–Kier alpha value is -1.20. The summed E-state index contributed by atoms with van der Waals surface area (Å²) < 4.78 is 4.16. The highest BCUT2D eigenvalue weighted by Gasteiger charge is 2.15. The smallest absolute Gasteiger partial charge is 0.145 e. The summed E-state index contributed by atoms with van der Waals surface area (Å²) in [5, 5.41) is 8.01. The van der Waals surface area contributed by atoms with Gasteiger partial charge in [0.05, 0.1) is 11.6 Å². The average molecular weight is 220 g/mol. The number of hydrogen-bond acceptors (Lipinski definition) is 5. The molecule has 15 heavy (non-hydrogen) atoms. The van der Waals surface area contributed by atoms with Crippen LogP contribution in [0.25, 0.3) is 10.2 Å². The predicted molar refractivity (Wildman–Crippen MR) is 62.3 cm³/mol. The summed E-state index contributed by atoms with van der Waals surface area (Å²) >= 11 is 1.44. The van der Waals surface area contributed by atoms with E-state index in [4.69, 9.17) is 0 Å². The van der Waals surface area contributed by atoms with Crippen LogP contribution in [0.1, 0.15) is 6.42 Å². The fourth-order valence-corrected chi connectivity index (χ4v) is 2.53. The lowest BCUT2D eigenvalue weighted by atomic mass is 10.2. The second-order valence-electron chi connectivity index (χ2n) is 3.74. The van der Waals surface area contributed by atoms with Crippen molar-refractivity contribution >= 4 is 27.4 Å². The lowest BCUT2D eigenvalue weighted by Crippen LogP contribution is -2.22. The van der Waals surface area contributed by atoms with Gasteiger partial charge in [0.15, 0.2) is 0 Å². The molecule has 0 radical (unpaired) electrons. The number of anilines is 1. The minimum absolute atomic E-state index is 0.537. The van der Waals surface area contributed by atoms with Crippen molar-refractivity contribution in [1.29, 1.82) is 0 Å². The van der Waals surface area contributed by atoms with Gasteiger partial charge in [-0.3, -0.25) is 0 Å². The van der Waals surface area contributed by atoms with Gasteiger partial charge in [-0.25, -0.2) is 4.98 Å². The fourth-order valence-electron chi connectivity index (χ4n) is 1.90. The van der Waals surface area contributed by atoms with Crippen LogP contribution in [0.3, 0.4) is 0 Å². The lowest BCUT2D eigenvalue weighted by Gasteiger charge is -2.12. The van der Waals surface area contributed by atoms with Crippen LogP contribution in [0.4, 0.5) is 5.69 Å². The van der Waals surface area contributed by atoms with E-state index in [9.17, 15) is 0 Å². The lowest BCUT2D eigenvalue weighted by molar-refractivity contribution is 0.794. The number of aromatic nitrogens is 2. The molecule has 4 nitrogen and oxygen atoms in total.